The van der Waals surface area contributed by atoms with E-state index in [1.165, 1.54) is 0 Å². The summed E-state index contributed by atoms with van der Waals surface area (Å²) < 4.78 is 4.47. The third kappa shape index (κ3) is 0.883. The Kier molecular flexibility index (Phi) is 1.43. The number of nitrogens with two attached hydrogens (primary N) is 3. The molecule has 0 aliphatic carbocycles. The molecule has 0 fully saturated rings. The Bertz CT molecular complexity index is 223. The minimum Gasteiger partial charge on any atom is -0.421 e. The molecule has 10 heavy (non-hydrogen) atoms. The zero-order chi connectivity index (χ0) is 7.94. The first-order chi connectivity index (χ1) is 4.45. The monoisotopic (exact) mass is 161 g/mol. The first kappa shape index (κ1) is 7.47. The Hall–Kier alpha value is -0.640. The van der Waals surface area contributed by atoms with Crippen LogP contribution in [-0.4, -0.2) is 11.8 Å². The molecule has 6 heteroatoms. The maximum Gasteiger partial charge on any atom is 0.343 e. The smallest absolute Gasteiger partial charge is 0.343 e. The normalized spacial score (nSPS) is 23.3. The van der Waals surface area contributed by atoms with Crippen LogP contribution < -0.4 is 17.2 Å². The second-order valence-corrected chi connectivity index (χ2v) is 2.59. The molecule has 0 saturated heterocycles. The first-order valence-electron chi connectivity index (χ1n) is 2.52. The van der Waals surface area contributed by atoms with Crippen molar-refractivity contribution in [2.24, 2.45) is 17.2 Å². The Labute approximate surface area is 59.8 Å². The fraction of sp³-hybridized carbons (Fsp3) is 0.250. The average Bonchev–Trinajstić information content (AvgIpc) is 1.95. The molecule has 0 saturated carbocycles. The van der Waals surface area contributed by atoms with Crippen molar-refractivity contribution in [1.82, 2.24) is 0 Å². The number of carbonyl (C=O) groups is 1. The van der Waals surface area contributed by atoms with Gasteiger partial charge in [-0.2, -0.15) is 0 Å². The molecule has 6 N–H and O–H groups in total. The standard InChI is InChI=1S/C4H8N3O2P/c5-2-1(10)3(8)9-4(2,6)7/h5-7,10H2. The summed E-state index contributed by atoms with van der Waals surface area (Å²) in [6.07, 6.45) is 0. The van der Waals surface area contributed by atoms with Crippen molar-refractivity contribution in [3.8, 4) is 0 Å². The Morgan fingerprint density at radius 1 is 1.50 bits per heavy atom. The molecule has 0 aromatic heterocycles. The van der Waals surface area contributed by atoms with Gasteiger partial charge in [-0.25, -0.2) is 4.79 Å². The van der Waals surface area contributed by atoms with Crippen LogP contribution in [0.3, 0.4) is 0 Å². The zero-order valence-corrected chi connectivity index (χ0v) is 6.28. The van der Waals surface area contributed by atoms with Gasteiger partial charge in [0.2, 0.25) is 0 Å². The molecule has 0 spiro atoms. The second-order valence-electron chi connectivity index (χ2n) is 2.01. The molecule has 0 aromatic rings. The van der Waals surface area contributed by atoms with Gasteiger partial charge in [-0.1, -0.05) is 9.24 Å². The van der Waals surface area contributed by atoms with Gasteiger partial charge in [-0.15, -0.1) is 0 Å². The van der Waals surface area contributed by atoms with E-state index in [4.69, 9.17) is 17.2 Å². The van der Waals surface area contributed by atoms with E-state index in [-0.39, 0.29) is 11.0 Å². The van der Waals surface area contributed by atoms with E-state index in [1.807, 2.05) is 0 Å². The van der Waals surface area contributed by atoms with E-state index < -0.39 is 11.8 Å². The summed E-state index contributed by atoms with van der Waals surface area (Å²) in [5, 5.41) is 0.199. The molecule has 5 nitrogen and oxygen atoms in total. The van der Waals surface area contributed by atoms with Crippen molar-refractivity contribution in [2.75, 3.05) is 0 Å². The molecule has 1 heterocycles. The third-order valence-electron chi connectivity index (χ3n) is 1.19. The lowest BCUT2D eigenvalue weighted by Crippen LogP contribution is -2.53. The lowest BCUT2D eigenvalue weighted by molar-refractivity contribution is -0.145. The summed E-state index contributed by atoms with van der Waals surface area (Å²) in [6.45, 7) is 0. The molecule has 1 unspecified atom stereocenters. The number of ether oxygens (including phenoxy) is 1. The molecule has 56 valence electrons. The fourth-order valence-corrected chi connectivity index (χ4v) is 0.868. The van der Waals surface area contributed by atoms with Crippen LogP contribution in [0.4, 0.5) is 0 Å². The van der Waals surface area contributed by atoms with Gasteiger partial charge in [-0.05, 0) is 0 Å². The molecule has 0 aromatic carbocycles. The van der Waals surface area contributed by atoms with Crippen LogP contribution in [0.25, 0.3) is 0 Å². The SMILES string of the molecule is NC1=C(P)C(=O)OC1(N)N. The van der Waals surface area contributed by atoms with Gasteiger partial charge in [0, 0.05) is 0 Å². The van der Waals surface area contributed by atoms with Gasteiger partial charge in [0.25, 0.3) is 5.85 Å². The lowest BCUT2D eigenvalue weighted by atomic mass is 10.3. The maximum absolute atomic E-state index is 10.7. The molecule has 0 amide bonds. The van der Waals surface area contributed by atoms with Gasteiger partial charge in [0.1, 0.15) is 0 Å². The van der Waals surface area contributed by atoms with E-state index in [1.54, 1.807) is 0 Å². The first-order valence-corrected chi connectivity index (χ1v) is 3.09. The number of carbonyl (C=O) groups excluding carboxylic acids is 1. The van der Waals surface area contributed by atoms with E-state index in [2.05, 4.69) is 14.0 Å². The van der Waals surface area contributed by atoms with Crippen LogP contribution in [0.5, 0.6) is 0 Å². The van der Waals surface area contributed by atoms with Crippen LogP contribution in [-0.2, 0) is 9.53 Å². The molecule has 1 aliphatic rings. The highest BCUT2D eigenvalue weighted by molar-refractivity contribution is 7.25. The summed E-state index contributed by atoms with van der Waals surface area (Å²) in [5.41, 5.74) is 15.8. The largest absolute Gasteiger partial charge is 0.421 e. The van der Waals surface area contributed by atoms with Crippen molar-refractivity contribution < 1.29 is 9.53 Å². The molecule has 0 radical (unpaired) electrons. The van der Waals surface area contributed by atoms with Crippen LogP contribution in [0, 0.1) is 0 Å². The number of cyclic esters (lactones) is 1. The lowest BCUT2D eigenvalue weighted by Gasteiger charge is -2.16. The molecular weight excluding hydrogens is 153 g/mol. The van der Waals surface area contributed by atoms with Crippen molar-refractivity contribution in [1.29, 1.82) is 0 Å². The van der Waals surface area contributed by atoms with Gasteiger partial charge in [-0.3, -0.25) is 11.5 Å². The van der Waals surface area contributed by atoms with Crippen molar-refractivity contribution in [2.45, 2.75) is 5.85 Å². The maximum atomic E-state index is 10.7. The highest BCUT2D eigenvalue weighted by atomic mass is 31.0. The van der Waals surface area contributed by atoms with Crippen molar-refractivity contribution in [3.05, 3.63) is 11.0 Å². The summed E-state index contributed by atoms with van der Waals surface area (Å²) in [4.78, 5) is 10.7. The average molecular weight is 161 g/mol. The highest BCUT2D eigenvalue weighted by Gasteiger charge is 2.38. The van der Waals surface area contributed by atoms with Crippen molar-refractivity contribution >= 4 is 15.2 Å². The predicted octanol–water partition coefficient (Wildman–Crippen LogP) is -1.84. The second kappa shape index (κ2) is 1.92. The van der Waals surface area contributed by atoms with E-state index in [9.17, 15) is 4.79 Å². The van der Waals surface area contributed by atoms with Crippen LogP contribution in [0.1, 0.15) is 0 Å². The predicted molar refractivity (Wildman–Crippen MR) is 38.1 cm³/mol. The number of esters is 1. The molecular formula is C4H8N3O2P. The number of rotatable bonds is 0. The minimum atomic E-state index is -1.62. The molecule has 1 atom stereocenters. The molecule has 1 aliphatic heterocycles. The van der Waals surface area contributed by atoms with Crippen molar-refractivity contribution in [3.63, 3.8) is 0 Å². The molecule has 0 bridgehead atoms. The van der Waals surface area contributed by atoms with Crippen LogP contribution >= 0.6 is 9.24 Å². The van der Waals surface area contributed by atoms with Crippen LogP contribution in [0.2, 0.25) is 0 Å². The van der Waals surface area contributed by atoms with Gasteiger partial charge >= 0.3 is 5.97 Å². The number of hydrogen-bond acceptors (Lipinski definition) is 5. The van der Waals surface area contributed by atoms with Gasteiger partial charge in [0.05, 0.1) is 11.0 Å². The van der Waals surface area contributed by atoms with E-state index in [0.717, 1.165) is 0 Å². The topological polar surface area (TPSA) is 104 Å². The van der Waals surface area contributed by atoms with E-state index >= 15 is 0 Å². The highest BCUT2D eigenvalue weighted by Crippen LogP contribution is 2.24. The molecule has 1 rings (SSSR count). The minimum absolute atomic E-state index is 0.0579. The summed E-state index contributed by atoms with van der Waals surface area (Å²) in [7, 11) is 2.11. The van der Waals surface area contributed by atoms with E-state index in [0.29, 0.717) is 0 Å². The quantitative estimate of drug-likeness (QED) is 0.220. The van der Waals surface area contributed by atoms with Crippen LogP contribution in [0.15, 0.2) is 11.0 Å². The zero-order valence-electron chi connectivity index (χ0n) is 5.13. The fourth-order valence-electron chi connectivity index (χ4n) is 0.584. The summed E-state index contributed by atoms with van der Waals surface area (Å²) in [6, 6.07) is 0. The Balaban J connectivity index is 3.06. The third-order valence-corrected chi connectivity index (χ3v) is 1.74. The summed E-state index contributed by atoms with van der Waals surface area (Å²) >= 11 is 0. The Morgan fingerprint density at radius 3 is 2.10 bits per heavy atom. The summed E-state index contributed by atoms with van der Waals surface area (Å²) in [5.74, 6) is -2.21. The Morgan fingerprint density at radius 2 is 2.00 bits per heavy atom. The van der Waals surface area contributed by atoms with Gasteiger partial charge < -0.3 is 10.5 Å². The van der Waals surface area contributed by atoms with Gasteiger partial charge in [0.15, 0.2) is 0 Å². The number of hydrogen-bond donors (Lipinski definition) is 3.